The van der Waals surface area contributed by atoms with E-state index in [9.17, 15) is 0 Å². The first-order chi connectivity index (χ1) is 13.5. The minimum Gasteiger partial charge on any atom is -0.381 e. The molecule has 0 radical (unpaired) electrons. The molecule has 0 unspecified atom stereocenters. The Bertz CT molecular complexity index is 335. The number of nitrogens with zero attached hydrogens (tertiary/aromatic N) is 1. The van der Waals surface area contributed by atoms with Gasteiger partial charge in [-0.3, -0.25) is 0 Å². The van der Waals surface area contributed by atoms with E-state index < -0.39 is 0 Å². The maximum Gasteiger partial charge on any atom is 0.0517 e. The molecule has 0 aliphatic carbocycles. The van der Waals surface area contributed by atoms with Crippen LogP contribution in [0.15, 0.2) is 12.2 Å². The van der Waals surface area contributed by atoms with Crippen molar-refractivity contribution >= 4 is 0 Å². The first kappa shape index (κ1) is 27.7. The predicted octanol–water partition coefficient (Wildman–Crippen LogP) is 8.02. The van der Waals surface area contributed by atoms with Crippen molar-refractivity contribution in [3.63, 3.8) is 0 Å². The van der Waals surface area contributed by atoms with Crippen LogP contribution in [0, 0.1) is 5.41 Å². The second-order valence-electron chi connectivity index (χ2n) is 9.71. The van der Waals surface area contributed by atoms with Crippen molar-refractivity contribution in [1.29, 1.82) is 0 Å². The number of hydrogen-bond donors (Lipinski definition) is 0. The van der Waals surface area contributed by atoms with Crippen LogP contribution < -0.4 is 0 Å². The lowest BCUT2D eigenvalue weighted by atomic mass is 9.90. The average molecular weight is 396 g/mol. The number of ether oxygens (including phenoxy) is 1. The van der Waals surface area contributed by atoms with Crippen molar-refractivity contribution in [3.8, 4) is 0 Å². The molecule has 0 aliphatic heterocycles. The maximum absolute atomic E-state index is 5.92. The molecule has 2 heteroatoms. The third kappa shape index (κ3) is 22.0. The molecule has 0 aliphatic rings. The normalized spacial score (nSPS) is 12.5. The van der Waals surface area contributed by atoms with E-state index in [-0.39, 0.29) is 0 Å². The molecule has 0 saturated heterocycles. The molecule has 168 valence electrons. The van der Waals surface area contributed by atoms with Crippen LogP contribution in [-0.4, -0.2) is 38.8 Å². The zero-order valence-electron chi connectivity index (χ0n) is 20.2. The Labute approximate surface area is 178 Å². The molecular weight excluding hydrogens is 342 g/mol. The van der Waals surface area contributed by atoms with Crippen molar-refractivity contribution in [2.45, 2.75) is 117 Å². The Balaban J connectivity index is 3.26. The summed E-state index contributed by atoms with van der Waals surface area (Å²) in [6, 6.07) is 0. The molecule has 0 atom stereocenters. The van der Waals surface area contributed by atoms with Gasteiger partial charge in [0.1, 0.15) is 0 Å². The summed E-state index contributed by atoms with van der Waals surface area (Å²) in [5.41, 5.74) is 0.298. The highest BCUT2D eigenvalue weighted by molar-refractivity contribution is 4.81. The Morgan fingerprint density at radius 3 is 1.75 bits per heavy atom. The van der Waals surface area contributed by atoms with Gasteiger partial charge in [-0.2, -0.15) is 0 Å². The Morgan fingerprint density at radius 1 is 0.714 bits per heavy atom. The van der Waals surface area contributed by atoms with E-state index >= 15 is 0 Å². The number of unbranched alkanes of at least 4 members (excludes halogenated alkanes) is 12. The summed E-state index contributed by atoms with van der Waals surface area (Å²) in [7, 11) is 4.29. The fraction of sp³-hybridized carbons (Fsp3) is 0.923. The Morgan fingerprint density at radius 2 is 1.21 bits per heavy atom. The van der Waals surface area contributed by atoms with Crippen LogP contribution in [0.1, 0.15) is 117 Å². The molecule has 2 nitrogen and oxygen atoms in total. The van der Waals surface area contributed by atoms with E-state index in [2.05, 4.69) is 51.9 Å². The molecule has 0 aromatic heterocycles. The van der Waals surface area contributed by atoms with Crippen molar-refractivity contribution < 1.29 is 4.74 Å². The lowest BCUT2D eigenvalue weighted by Crippen LogP contribution is -2.25. The summed E-state index contributed by atoms with van der Waals surface area (Å²) in [6.07, 6.45) is 25.1. The number of hydrogen-bond acceptors (Lipinski definition) is 2. The second-order valence-corrected chi connectivity index (χ2v) is 9.71. The summed E-state index contributed by atoms with van der Waals surface area (Å²) >= 11 is 0. The Hall–Kier alpha value is -0.340. The molecule has 0 bridgehead atoms. The summed E-state index contributed by atoms with van der Waals surface area (Å²) in [5, 5.41) is 0. The zero-order chi connectivity index (χ0) is 20.9. The SMILES string of the molecule is CCCCCCCC/C=C\CCCCCCCCOCC(C)(C)CCN(C)C. The van der Waals surface area contributed by atoms with Crippen LogP contribution in [0.4, 0.5) is 0 Å². The fourth-order valence-corrected chi connectivity index (χ4v) is 3.40. The minimum atomic E-state index is 0.298. The molecule has 0 fully saturated rings. The van der Waals surface area contributed by atoms with Crippen molar-refractivity contribution in [2.24, 2.45) is 5.41 Å². The van der Waals surface area contributed by atoms with Crippen LogP contribution in [0.3, 0.4) is 0 Å². The van der Waals surface area contributed by atoms with Crippen LogP contribution in [0.25, 0.3) is 0 Å². The topological polar surface area (TPSA) is 12.5 Å². The van der Waals surface area contributed by atoms with E-state index in [0.29, 0.717) is 5.41 Å². The first-order valence-corrected chi connectivity index (χ1v) is 12.4. The summed E-state index contributed by atoms with van der Waals surface area (Å²) < 4.78 is 5.92. The maximum atomic E-state index is 5.92. The van der Waals surface area contributed by atoms with E-state index in [1.165, 1.54) is 96.3 Å². The number of rotatable bonds is 21. The van der Waals surface area contributed by atoms with Crippen molar-refractivity contribution in [3.05, 3.63) is 12.2 Å². The van der Waals surface area contributed by atoms with Gasteiger partial charge in [0.2, 0.25) is 0 Å². The highest BCUT2D eigenvalue weighted by Crippen LogP contribution is 2.21. The smallest absolute Gasteiger partial charge is 0.0517 e. The van der Waals surface area contributed by atoms with Crippen LogP contribution >= 0.6 is 0 Å². The van der Waals surface area contributed by atoms with Gasteiger partial charge in [0.15, 0.2) is 0 Å². The van der Waals surface area contributed by atoms with Crippen LogP contribution in [0.5, 0.6) is 0 Å². The molecule has 0 aromatic rings. The van der Waals surface area contributed by atoms with E-state index in [1.807, 2.05) is 0 Å². The lowest BCUT2D eigenvalue weighted by Gasteiger charge is -2.26. The third-order valence-electron chi connectivity index (χ3n) is 5.53. The van der Waals surface area contributed by atoms with Gasteiger partial charge in [-0.15, -0.1) is 0 Å². The van der Waals surface area contributed by atoms with Gasteiger partial charge < -0.3 is 9.64 Å². The monoisotopic (exact) mass is 395 g/mol. The van der Waals surface area contributed by atoms with Crippen LogP contribution in [-0.2, 0) is 4.74 Å². The van der Waals surface area contributed by atoms with Gasteiger partial charge >= 0.3 is 0 Å². The first-order valence-electron chi connectivity index (χ1n) is 12.4. The van der Waals surface area contributed by atoms with Crippen molar-refractivity contribution in [1.82, 2.24) is 4.90 Å². The molecular formula is C26H53NO. The minimum absolute atomic E-state index is 0.298. The van der Waals surface area contributed by atoms with Gasteiger partial charge in [-0.05, 0) is 64.6 Å². The largest absolute Gasteiger partial charge is 0.381 e. The molecule has 0 saturated carbocycles. The highest BCUT2D eigenvalue weighted by Gasteiger charge is 2.17. The second kappa shape index (κ2) is 20.0. The standard InChI is InChI=1S/C26H53NO/c1-6-7-8-9-10-11-12-13-14-15-16-17-18-19-20-21-24-28-25-26(2,3)22-23-27(4)5/h13-14H,6-12,15-25H2,1-5H3/b14-13-. The molecule has 0 rings (SSSR count). The Kier molecular flexibility index (Phi) is 19.7. The molecule has 0 N–H and O–H groups in total. The summed E-state index contributed by atoms with van der Waals surface area (Å²) in [4.78, 5) is 2.26. The van der Waals surface area contributed by atoms with Gasteiger partial charge in [0.25, 0.3) is 0 Å². The molecule has 0 amide bonds. The molecule has 0 spiro atoms. The van der Waals surface area contributed by atoms with Gasteiger partial charge in [-0.25, -0.2) is 0 Å². The van der Waals surface area contributed by atoms with Crippen molar-refractivity contribution in [2.75, 3.05) is 33.9 Å². The quantitative estimate of drug-likeness (QED) is 0.144. The average Bonchev–Trinajstić information content (AvgIpc) is 2.65. The summed E-state index contributed by atoms with van der Waals surface area (Å²) in [5.74, 6) is 0. The van der Waals surface area contributed by atoms with E-state index in [1.54, 1.807) is 0 Å². The van der Waals surface area contributed by atoms with Crippen LogP contribution in [0.2, 0.25) is 0 Å². The molecule has 0 aromatic carbocycles. The fourth-order valence-electron chi connectivity index (χ4n) is 3.40. The van der Waals surface area contributed by atoms with Gasteiger partial charge in [0.05, 0.1) is 6.61 Å². The van der Waals surface area contributed by atoms with E-state index in [0.717, 1.165) is 19.8 Å². The molecule has 28 heavy (non-hydrogen) atoms. The highest BCUT2D eigenvalue weighted by atomic mass is 16.5. The van der Waals surface area contributed by atoms with Gasteiger partial charge in [0, 0.05) is 6.61 Å². The molecule has 0 heterocycles. The summed E-state index contributed by atoms with van der Waals surface area (Å²) in [6.45, 7) is 9.90. The zero-order valence-corrected chi connectivity index (χ0v) is 20.2. The lowest BCUT2D eigenvalue weighted by molar-refractivity contribution is 0.0519. The van der Waals surface area contributed by atoms with E-state index in [4.69, 9.17) is 4.74 Å². The number of allylic oxidation sites excluding steroid dienone is 2. The predicted molar refractivity (Wildman–Crippen MR) is 127 cm³/mol. The third-order valence-corrected chi connectivity index (χ3v) is 5.53. The van der Waals surface area contributed by atoms with Gasteiger partial charge in [-0.1, -0.05) is 90.7 Å².